The second-order valence-corrected chi connectivity index (χ2v) is 5.03. The van der Waals surface area contributed by atoms with Crippen molar-refractivity contribution in [3.05, 3.63) is 59.7 Å². The minimum absolute atomic E-state index is 0.000915. The first-order valence-corrected chi connectivity index (χ1v) is 6.88. The van der Waals surface area contributed by atoms with Gasteiger partial charge in [-0.25, -0.2) is 0 Å². The van der Waals surface area contributed by atoms with Gasteiger partial charge >= 0.3 is 6.36 Å². The summed E-state index contributed by atoms with van der Waals surface area (Å²) in [5.74, 6) is -0.761. The Balaban J connectivity index is 2.32. The van der Waals surface area contributed by atoms with Crippen molar-refractivity contribution in [2.24, 2.45) is 4.99 Å². The maximum absolute atomic E-state index is 12.5. The number of alkyl halides is 3. The number of halogens is 3. The zero-order chi connectivity index (χ0) is 17.0. The molecule has 1 heterocycles. The van der Waals surface area contributed by atoms with Crippen molar-refractivity contribution in [2.45, 2.75) is 26.3 Å². The number of carbonyl (C=O) groups excluding carboxylic acids is 1. The zero-order valence-corrected chi connectivity index (χ0v) is 12.5. The van der Waals surface area contributed by atoms with Gasteiger partial charge in [-0.2, -0.15) is 0 Å². The van der Waals surface area contributed by atoms with Gasteiger partial charge in [-0.15, -0.1) is 13.2 Å². The maximum Gasteiger partial charge on any atom is 0.573 e. The molecule has 0 radical (unpaired) electrons. The van der Waals surface area contributed by atoms with Crippen LogP contribution in [0.5, 0.6) is 5.75 Å². The van der Waals surface area contributed by atoms with Crippen LogP contribution >= 0.6 is 0 Å². The lowest BCUT2D eigenvalue weighted by molar-refractivity contribution is -0.274. The highest BCUT2D eigenvalue weighted by molar-refractivity contribution is 5.95. The summed E-state index contributed by atoms with van der Waals surface area (Å²) in [5.41, 5.74) is 0.707. The van der Waals surface area contributed by atoms with Crippen LogP contribution in [-0.4, -0.2) is 22.9 Å². The lowest BCUT2D eigenvalue weighted by atomic mass is 10.2. The van der Waals surface area contributed by atoms with E-state index in [-0.39, 0.29) is 23.3 Å². The van der Waals surface area contributed by atoms with Crippen LogP contribution in [0.1, 0.15) is 24.2 Å². The second kappa shape index (κ2) is 6.68. The Hall–Kier alpha value is -2.57. The van der Waals surface area contributed by atoms with Gasteiger partial charge in [0.2, 0.25) is 0 Å². The monoisotopic (exact) mass is 324 g/mol. The molecule has 0 bridgehead atoms. The summed E-state index contributed by atoms with van der Waals surface area (Å²) in [5, 5.41) is 0. The summed E-state index contributed by atoms with van der Waals surface area (Å²) < 4.78 is 41.5. The summed E-state index contributed by atoms with van der Waals surface area (Å²) >= 11 is 0. The van der Waals surface area contributed by atoms with Crippen LogP contribution in [-0.2, 0) is 0 Å². The van der Waals surface area contributed by atoms with Crippen molar-refractivity contribution in [1.82, 2.24) is 4.57 Å². The molecule has 0 saturated carbocycles. The third kappa shape index (κ3) is 4.70. The Morgan fingerprint density at radius 3 is 2.35 bits per heavy atom. The largest absolute Gasteiger partial charge is 0.573 e. The topological polar surface area (TPSA) is 43.6 Å². The van der Waals surface area contributed by atoms with Gasteiger partial charge in [0.1, 0.15) is 11.2 Å². The predicted molar refractivity (Wildman–Crippen MR) is 78.0 cm³/mol. The summed E-state index contributed by atoms with van der Waals surface area (Å²) in [6.07, 6.45) is -3.20. The number of ether oxygens (including phenoxy) is 1. The molecule has 0 aliphatic carbocycles. The van der Waals surface area contributed by atoms with E-state index in [4.69, 9.17) is 0 Å². The minimum atomic E-state index is -4.76. The van der Waals surface area contributed by atoms with Crippen LogP contribution in [0.2, 0.25) is 0 Å². The highest BCUT2D eigenvalue weighted by Crippen LogP contribution is 2.22. The molecule has 0 aliphatic rings. The Bertz CT molecular complexity index is 747. The Kier molecular flexibility index (Phi) is 4.88. The van der Waals surface area contributed by atoms with E-state index < -0.39 is 6.36 Å². The van der Waals surface area contributed by atoms with Crippen LogP contribution in [0.3, 0.4) is 0 Å². The Morgan fingerprint density at radius 2 is 1.78 bits per heavy atom. The highest BCUT2D eigenvalue weighted by Gasteiger charge is 2.31. The van der Waals surface area contributed by atoms with Gasteiger partial charge in [0.15, 0.2) is 0 Å². The number of aromatic nitrogens is 1. The zero-order valence-electron chi connectivity index (χ0n) is 12.5. The van der Waals surface area contributed by atoms with Crippen molar-refractivity contribution in [3.63, 3.8) is 0 Å². The summed E-state index contributed by atoms with van der Waals surface area (Å²) in [6, 6.07) is 9.89. The van der Waals surface area contributed by atoms with E-state index in [9.17, 15) is 18.0 Å². The lowest BCUT2D eigenvalue weighted by Gasteiger charge is -2.10. The van der Waals surface area contributed by atoms with Crippen molar-refractivity contribution < 1.29 is 22.7 Å². The van der Waals surface area contributed by atoms with Crippen LogP contribution in [0, 0.1) is 0 Å². The first kappa shape index (κ1) is 16.8. The van der Waals surface area contributed by atoms with Gasteiger partial charge < -0.3 is 4.74 Å². The number of hydrogen-bond acceptors (Lipinski definition) is 3. The van der Waals surface area contributed by atoms with Crippen LogP contribution in [0.25, 0.3) is 0 Å². The Morgan fingerprint density at radius 1 is 1.13 bits per heavy atom. The standard InChI is InChI=1S/C16H15F3N2O2/c1-11(2)20-14-5-3-4-10-21(14)15(22)12-6-8-13(9-7-12)23-16(17,18)19/h3-11H,1-2H3. The summed E-state index contributed by atoms with van der Waals surface area (Å²) in [4.78, 5) is 16.8. The van der Waals surface area contributed by atoms with E-state index in [1.165, 1.54) is 16.7 Å². The van der Waals surface area contributed by atoms with Gasteiger partial charge in [-0.3, -0.25) is 14.4 Å². The lowest BCUT2D eigenvalue weighted by Crippen LogP contribution is -2.28. The fourth-order valence-corrected chi connectivity index (χ4v) is 1.91. The molecule has 0 N–H and O–H groups in total. The van der Waals surface area contributed by atoms with Gasteiger partial charge in [0.05, 0.1) is 0 Å². The fourth-order valence-electron chi connectivity index (χ4n) is 1.91. The molecule has 0 atom stereocenters. The smallest absolute Gasteiger partial charge is 0.406 e. The van der Waals surface area contributed by atoms with Gasteiger partial charge in [-0.1, -0.05) is 6.07 Å². The van der Waals surface area contributed by atoms with E-state index in [0.29, 0.717) is 5.49 Å². The van der Waals surface area contributed by atoms with E-state index in [2.05, 4.69) is 9.73 Å². The predicted octanol–water partition coefficient (Wildman–Crippen LogP) is 3.38. The molecule has 0 saturated heterocycles. The van der Waals surface area contributed by atoms with Crippen molar-refractivity contribution in [2.75, 3.05) is 0 Å². The fraction of sp³-hybridized carbons (Fsp3) is 0.250. The SMILES string of the molecule is CC(C)N=c1ccccn1C(=O)c1ccc(OC(F)(F)F)cc1. The minimum Gasteiger partial charge on any atom is -0.406 e. The van der Waals surface area contributed by atoms with E-state index in [0.717, 1.165) is 12.1 Å². The maximum atomic E-state index is 12.5. The number of benzene rings is 1. The molecule has 0 amide bonds. The first-order chi connectivity index (χ1) is 10.8. The number of nitrogens with zero attached hydrogens (tertiary/aromatic N) is 2. The molecule has 1 aromatic carbocycles. The molecule has 0 aliphatic heterocycles. The van der Waals surface area contributed by atoms with Crippen molar-refractivity contribution in [3.8, 4) is 5.75 Å². The molecule has 23 heavy (non-hydrogen) atoms. The normalized spacial score (nSPS) is 12.5. The van der Waals surface area contributed by atoms with Crippen LogP contribution in [0.4, 0.5) is 13.2 Å². The molecule has 1 aromatic heterocycles. The van der Waals surface area contributed by atoms with Crippen LogP contribution in [0.15, 0.2) is 53.7 Å². The van der Waals surface area contributed by atoms with Gasteiger partial charge in [0.25, 0.3) is 5.91 Å². The molecule has 7 heteroatoms. The molecule has 0 unspecified atom stereocenters. The average molecular weight is 324 g/mol. The molecular weight excluding hydrogens is 309 g/mol. The highest BCUT2D eigenvalue weighted by atomic mass is 19.4. The number of rotatable bonds is 3. The molecule has 122 valence electrons. The third-order valence-electron chi connectivity index (χ3n) is 2.78. The molecule has 2 aromatic rings. The molecule has 2 rings (SSSR count). The molecule has 0 spiro atoms. The number of hydrogen-bond donors (Lipinski definition) is 0. The molecular formula is C16H15F3N2O2. The van der Waals surface area contributed by atoms with Crippen molar-refractivity contribution >= 4 is 5.91 Å². The van der Waals surface area contributed by atoms with E-state index in [1.807, 2.05) is 13.8 Å². The van der Waals surface area contributed by atoms with E-state index >= 15 is 0 Å². The third-order valence-corrected chi connectivity index (χ3v) is 2.78. The quantitative estimate of drug-likeness (QED) is 0.869. The second-order valence-electron chi connectivity index (χ2n) is 5.03. The Labute approximate surface area is 130 Å². The molecule has 0 fully saturated rings. The van der Waals surface area contributed by atoms with Crippen LogP contribution < -0.4 is 10.2 Å². The van der Waals surface area contributed by atoms with Crippen molar-refractivity contribution in [1.29, 1.82) is 0 Å². The van der Waals surface area contributed by atoms with Gasteiger partial charge in [-0.05, 0) is 50.2 Å². The van der Waals surface area contributed by atoms with Gasteiger partial charge in [0, 0.05) is 17.8 Å². The van der Waals surface area contributed by atoms with E-state index in [1.54, 1.807) is 24.4 Å². The number of carbonyl (C=O) groups is 1. The number of pyridine rings is 1. The summed E-state index contributed by atoms with van der Waals surface area (Å²) in [6.45, 7) is 3.76. The average Bonchev–Trinajstić information content (AvgIpc) is 2.45. The first-order valence-electron chi connectivity index (χ1n) is 6.88. The summed E-state index contributed by atoms with van der Waals surface area (Å²) in [7, 11) is 0. The molecule has 4 nitrogen and oxygen atoms in total.